The highest BCUT2D eigenvalue weighted by atomic mass is 32.2. The molecule has 1 heterocycles. The molecule has 7 nitrogen and oxygen atoms in total. The van der Waals surface area contributed by atoms with Crippen LogP contribution in [0.2, 0.25) is 0 Å². The number of carbonyl (C=O) groups is 1. The zero-order valence-corrected chi connectivity index (χ0v) is 12.9. The monoisotopic (exact) mass is 317 g/mol. The summed E-state index contributed by atoms with van der Waals surface area (Å²) in [5.41, 5.74) is 0. The van der Waals surface area contributed by atoms with Crippen LogP contribution in [0.1, 0.15) is 29.2 Å². The first-order valence-corrected chi connectivity index (χ1v) is 8.14. The minimum atomic E-state index is -3.77. The van der Waals surface area contributed by atoms with Gasteiger partial charge in [0, 0.05) is 26.3 Å². The van der Waals surface area contributed by atoms with Gasteiger partial charge in [-0.15, -0.1) is 0 Å². The largest absolute Gasteiger partial charge is 0.475 e. The fourth-order valence-electron chi connectivity index (χ4n) is 1.84. The van der Waals surface area contributed by atoms with Gasteiger partial charge in [-0.25, -0.2) is 13.2 Å². The third kappa shape index (κ3) is 3.84. The van der Waals surface area contributed by atoms with Crippen LogP contribution >= 0.6 is 0 Å². The number of hydrogen-bond acceptors (Lipinski definition) is 5. The third-order valence-electron chi connectivity index (χ3n) is 3.37. The molecule has 1 aromatic heterocycles. The maximum absolute atomic E-state index is 12.3. The molecule has 118 valence electrons. The molecule has 0 radical (unpaired) electrons. The summed E-state index contributed by atoms with van der Waals surface area (Å²) in [7, 11) is -2.34. The van der Waals surface area contributed by atoms with Gasteiger partial charge in [0.25, 0.3) is 0 Å². The molecule has 0 bridgehead atoms. The average molecular weight is 317 g/mol. The van der Waals surface area contributed by atoms with Crippen LogP contribution < -0.4 is 0 Å². The number of likely N-dealkylation sites (N-methyl/N-ethyl adjacent to an activating group) is 1. The van der Waals surface area contributed by atoms with Crippen molar-refractivity contribution in [3.05, 3.63) is 17.6 Å². The minimum Gasteiger partial charge on any atom is -0.475 e. The van der Waals surface area contributed by atoms with Crippen molar-refractivity contribution in [1.29, 1.82) is 0 Å². The van der Waals surface area contributed by atoms with Crippen LogP contribution in [0.5, 0.6) is 0 Å². The van der Waals surface area contributed by atoms with Crippen LogP contribution in [-0.2, 0) is 14.8 Å². The topological polar surface area (TPSA) is 97.0 Å². The van der Waals surface area contributed by atoms with Crippen molar-refractivity contribution in [2.45, 2.75) is 24.7 Å². The number of carboxylic acid groups (broad SMARTS) is 1. The Balaban J connectivity index is 1.99. The Hall–Kier alpha value is -1.38. The molecule has 1 aliphatic rings. The van der Waals surface area contributed by atoms with Gasteiger partial charge in [-0.1, -0.05) is 0 Å². The quantitative estimate of drug-likeness (QED) is 0.727. The van der Waals surface area contributed by atoms with Gasteiger partial charge in [-0.05, 0) is 25.7 Å². The molecular weight excluding hydrogens is 298 g/mol. The fourth-order valence-corrected chi connectivity index (χ4v) is 3.15. The lowest BCUT2D eigenvalue weighted by atomic mass is 10.4. The Morgan fingerprint density at radius 1 is 1.52 bits per heavy atom. The fraction of sp³-hybridized carbons (Fsp3) is 0.615. The zero-order chi connectivity index (χ0) is 15.6. The first-order chi connectivity index (χ1) is 9.82. The number of carboxylic acids is 1. The summed E-state index contributed by atoms with van der Waals surface area (Å²) in [5, 5.41) is 8.84. The van der Waals surface area contributed by atoms with E-state index >= 15 is 0 Å². The van der Waals surface area contributed by atoms with E-state index in [2.05, 4.69) is 0 Å². The predicted molar refractivity (Wildman–Crippen MR) is 73.8 cm³/mol. The Labute approximate surface area is 123 Å². The first-order valence-electron chi connectivity index (χ1n) is 6.70. The second kappa shape index (κ2) is 6.17. The number of hydrogen-bond donors (Lipinski definition) is 1. The summed E-state index contributed by atoms with van der Waals surface area (Å²) >= 11 is 0. The third-order valence-corrected chi connectivity index (χ3v) is 5.34. The number of sulfonamides is 1. The molecule has 8 heteroatoms. The lowest BCUT2D eigenvalue weighted by Crippen LogP contribution is -2.30. The van der Waals surface area contributed by atoms with E-state index in [1.54, 1.807) is 0 Å². The van der Waals surface area contributed by atoms with Crippen molar-refractivity contribution in [2.24, 2.45) is 5.92 Å². The molecule has 0 unspecified atom stereocenters. The highest BCUT2D eigenvalue weighted by Gasteiger charge is 2.28. The molecule has 0 amide bonds. The number of aryl methyl sites for hydroxylation is 1. The van der Waals surface area contributed by atoms with E-state index in [-0.39, 0.29) is 23.0 Å². The number of furan rings is 1. The van der Waals surface area contributed by atoms with E-state index in [0.29, 0.717) is 19.1 Å². The van der Waals surface area contributed by atoms with Crippen LogP contribution in [0, 0.1) is 12.8 Å². The van der Waals surface area contributed by atoms with Crippen molar-refractivity contribution in [1.82, 2.24) is 4.31 Å². The first kappa shape index (κ1) is 16.0. The summed E-state index contributed by atoms with van der Waals surface area (Å²) in [5.74, 6) is -0.987. The predicted octanol–water partition coefficient (Wildman–Crippen LogP) is 1.33. The Morgan fingerprint density at radius 3 is 2.71 bits per heavy atom. The van der Waals surface area contributed by atoms with E-state index < -0.39 is 16.0 Å². The lowest BCUT2D eigenvalue weighted by molar-refractivity contribution is 0.0661. The zero-order valence-electron chi connectivity index (χ0n) is 12.0. The molecule has 1 aromatic rings. The van der Waals surface area contributed by atoms with Crippen molar-refractivity contribution < 1.29 is 27.5 Å². The maximum atomic E-state index is 12.3. The number of rotatable bonds is 8. The van der Waals surface area contributed by atoms with Crippen LogP contribution in [0.4, 0.5) is 0 Å². The number of nitrogens with zero attached hydrogens (tertiary/aromatic N) is 1. The van der Waals surface area contributed by atoms with E-state index in [0.717, 1.165) is 10.4 Å². The second-order valence-electron chi connectivity index (χ2n) is 5.18. The molecule has 1 fully saturated rings. The average Bonchev–Trinajstić information content (AvgIpc) is 3.14. The van der Waals surface area contributed by atoms with Gasteiger partial charge in [0.1, 0.15) is 10.7 Å². The molecule has 0 atom stereocenters. The van der Waals surface area contributed by atoms with Crippen molar-refractivity contribution >= 4 is 16.0 Å². The van der Waals surface area contributed by atoms with Gasteiger partial charge in [0.15, 0.2) is 0 Å². The molecule has 21 heavy (non-hydrogen) atoms. The van der Waals surface area contributed by atoms with Gasteiger partial charge in [0.2, 0.25) is 15.8 Å². The summed E-state index contributed by atoms with van der Waals surface area (Å²) in [6.07, 6.45) is 2.36. The molecule has 0 aromatic carbocycles. The minimum absolute atomic E-state index is 0.0677. The summed E-state index contributed by atoms with van der Waals surface area (Å²) in [6, 6.07) is 1.04. The molecule has 1 saturated carbocycles. The van der Waals surface area contributed by atoms with E-state index in [9.17, 15) is 13.2 Å². The number of aromatic carboxylic acids is 1. The Kier molecular flexibility index (Phi) is 4.70. The van der Waals surface area contributed by atoms with Crippen molar-refractivity contribution in [2.75, 3.05) is 26.8 Å². The maximum Gasteiger partial charge on any atom is 0.371 e. The normalized spacial score (nSPS) is 15.6. The molecule has 0 spiro atoms. The molecule has 1 aliphatic carbocycles. The van der Waals surface area contributed by atoms with Crippen molar-refractivity contribution in [3.8, 4) is 0 Å². The lowest BCUT2D eigenvalue weighted by Gasteiger charge is -2.16. The van der Waals surface area contributed by atoms with Gasteiger partial charge in [0.05, 0.1) is 6.61 Å². The molecule has 0 aliphatic heterocycles. The smallest absolute Gasteiger partial charge is 0.371 e. The van der Waals surface area contributed by atoms with E-state index in [1.165, 1.54) is 26.8 Å². The van der Waals surface area contributed by atoms with Gasteiger partial charge >= 0.3 is 5.97 Å². The van der Waals surface area contributed by atoms with Gasteiger partial charge in [-0.3, -0.25) is 0 Å². The van der Waals surface area contributed by atoms with E-state index in [4.69, 9.17) is 14.3 Å². The molecular formula is C13H19NO6S. The summed E-state index contributed by atoms with van der Waals surface area (Å²) in [4.78, 5) is 10.7. The molecule has 1 N–H and O–H groups in total. The van der Waals surface area contributed by atoms with Crippen LogP contribution in [0.3, 0.4) is 0 Å². The summed E-state index contributed by atoms with van der Waals surface area (Å²) < 4.78 is 36.2. The van der Waals surface area contributed by atoms with Crippen LogP contribution in [0.25, 0.3) is 0 Å². The highest BCUT2D eigenvalue weighted by molar-refractivity contribution is 7.89. The highest BCUT2D eigenvalue weighted by Crippen LogP contribution is 2.28. The molecule has 0 saturated heterocycles. The van der Waals surface area contributed by atoms with Gasteiger partial charge in [-0.2, -0.15) is 4.31 Å². The summed E-state index contributed by atoms with van der Waals surface area (Å²) in [6.45, 7) is 2.62. The Bertz CT molecular complexity index is 617. The standard InChI is InChI=1S/C13H19NO6S/c1-9-12(7-11(20-9)13(15)16)21(17,18)14(2)5-6-19-8-10-3-4-10/h7,10H,3-6,8H2,1-2H3,(H,15,16). The van der Waals surface area contributed by atoms with E-state index in [1.807, 2.05) is 0 Å². The molecule has 2 rings (SSSR count). The van der Waals surface area contributed by atoms with Crippen molar-refractivity contribution in [3.63, 3.8) is 0 Å². The van der Waals surface area contributed by atoms with Crippen LogP contribution in [0.15, 0.2) is 15.4 Å². The Morgan fingerprint density at radius 2 is 2.19 bits per heavy atom. The van der Waals surface area contributed by atoms with Crippen LogP contribution in [-0.4, -0.2) is 50.6 Å². The SMILES string of the molecule is Cc1oc(C(=O)O)cc1S(=O)(=O)N(C)CCOCC1CC1. The number of ether oxygens (including phenoxy) is 1. The second-order valence-corrected chi connectivity index (χ2v) is 7.19. The van der Waals surface area contributed by atoms with Gasteiger partial charge < -0.3 is 14.3 Å².